The summed E-state index contributed by atoms with van der Waals surface area (Å²) in [6, 6.07) is 0. The monoisotopic (exact) mass is 168 g/mol. The van der Waals surface area contributed by atoms with Crippen molar-refractivity contribution in [3.8, 4) is 0 Å². The van der Waals surface area contributed by atoms with Gasteiger partial charge in [0.15, 0.2) is 0 Å². The molecule has 0 saturated heterocycles. The third kappa shape index (κ3) is 1.41. The van der Waals surface area contributed by atoms with Crippen LogP contribution in [0.5, 0.6) is 0 Å². The van der Waals surface area contributed by atoms with Gasteiger partial charge in [0.1, 0.15) is 0 Å². The van der Waals surface area contributed by atoms with Gasteiger partial charge in [-0.2, -0.15) is 0 Å². The molecule has 1 aliphatic rings. The van der Waals surface area contributed by atoms with Gasteiger partial charge in [-0.15, -0.1) is 0 Å². The molecule has 1 saturated carbocycles. The molecule has 0 nitrogen and oxygen atoms in total. The number of hydrogen-bond donors (Lipinski definition) is 0. The molecule has 0 heterocycles. The molecule has 0 aliphatic heterocycles. The van der Waals surface area contributed by atoms with Crippen LogP contribution in [0.2, 0.25) is 0 Å². The van der Waals surface area contributed by atoms with Gasteiger partial charge in [-0.25, -0.2) is 0 Å². The molecule has 2 atom stereocenters. The first-order chi connectivity index (χ1) is 5.70. The van der Waals surface area contributed by atoms with Gasteiger partial charge in [0, 0.05) is 0 Å². The van der Waals surface area contributed by atoms with Crippen molar-refractivity contribution in [1.29, 1.82) is 0 Å². The lowest BCUT2D eigenvalue weighted by atomic mass is 9.53. The van der Waals surface area contributed by atoms with Crippen LogP contribution >= 0.6 is 0 Å². The van der Waals surface area contributed by atoms with Crippen LogP contribution < -0.4 is 0 Å². The summed E-state index contributed by atoms with van der Waals surface area (Å²) in [7, 11) is 0. The predicted molar refractivity (Wildman–Crippen MR) is 55.2 cm³/mol. The van der Waals surface area contributed by atoms with Gasteiger partial charge in [-0.05, 0) is 30.1 Å². The van der Waals surface area contributed by atoms with Gasteiger partial charge in [0.2, 0.25) is 0 Å². The van der Waals surface area contributed by atoms with E-state index in [1.54, 1.807) is 0 Å². The van der Waals surface area contributed by atoms with Crippen molar-refractivity contribution in [3.05, 3.63) is 0 Å². The molecule has 0 amide bonds. The summed E-state index contributed by atoms with van der Waals surface area (Å²) in [6.07, 6.45) is 7.16. The molecular weight excluding hydrogens is 144 g/mol. The topological polar surface area (TPSA) is 0 Å². The lowest BCUT2D eigenvalue weighted by Crippen LogP contribution is -2.42. The Bertz CT molecular complexity index is 127. The molecule has 72 valence electrons. The minimum absolute atomic E-state index is 0.745. The SMILES string of the molecule is CCC(C)C1CCC1(CC)CC. The fourth-order valence-electron chi connectivity index (χ4n) is 3.02. The van der Waals surface area contributed by atoms with Gasteiger partial charge in [-0.1, -0.05) is 47.0 Å². The molecule has 1 rings (SSSR count). The van der Waals surface area contributed by atoms with Gasteiger partial charge in [0.25, 0.3) is 0 Å². The van der Waals surface area contributed by atoms with E-state index in [1.165, 1.54) is 32.1 Å². The maximum Gasteiger partial charge on any atom is -0.0272 e. The van der Waals surface area contributed by atoms with Crippen LogP contribution in [0.4, 0.5) is 0 Å². The summed E-state index contributed by atoms with van der Waals surface area (Å²) in [5.74, 6) is 2.00. The van der Waals surface area contributed by atoms with Crippen LogP contribution in [0.3, 0.4) is 0 Å². The molecule has 1 aliphatic carbocycles. The molecular formula is C12H24. The molecule has 0 aromatic carbocycles. The Morgan fingerprint density at radius 1 is 1.25 bits per heavy atom. The van der Waals surface area contributed by atoms with Crippen molar-refractivity contribution in [2.45, 2.75) is 59.8 Å². The van der Waals surface area contributed by atoms with Gasteiger partial charge in [-0.3, -0.25) is 0 Å². The summed E-state index contributed by atoms with van der Waals surface area (Å²) in [6.45, 7) is 9.51. The third-order valence-electron chi connectivity index (χ3n) is 4.48. The fourth-order valence-corrected chi connectivity index (χ4v) is 3.02. The van der Waals surface area contributed by atoms with Gasteiger partial charge >= 0.3 is 0 Å². The minimum Gasteiger partial charge on any atom is -0.0651 e. The highest BCUT2D eigenvalue weighted by molar-refractivity contribution is 4.95. The van der Waals surface area contributed by atoms with E-state index >= 15 is 0 Å². The van der Waals surface area contributed by atoms with Crippen molar-refractivity contribution in [3.63, 3.8) is 0 Å². The van der Waals surface area contributed by atoms with E-state index in [4.69, 9.17) is 0 Å². The lowest BCUT2D eigenvalue weighted by molar-refractivity contribution is -0.0180. The molecule has 0 heteroatoms. The average Bonchev–Trinajstić information content (AvgIpc) is 2.05. The maximum absolute atomic E-state index is 2.43. The Morgan fingerprint density at radius 2 is 1.83 bits per heavy atom. The molecule has 12 heavy (non-hydrogen) atoms. The second-order valence-electron chi connectivity index (χ2n) is 4.60. The number of hydrogen-bond acceptors (Lipinski definition) is 0. The summed E-state index contributed by atoms with van der Waals surface area (Å²) < 4.78 is 0. The fraction of sp³-hybridized carbons (Fsp3) is 1.00. The third-order valence-corrected chi connectivity index (χ3v) is 4.48. The van der Waals surface area contributed by atoms with E-state index in [0.29, 0.717) is 0 Å². The van der Waals surface area contributed by atoms with Crippen molar-refractivity contribution >= 4 is 0 Å². The Morgan fingerprint density at radius 3 is 2.08 bits per heavy atom. The standard InChI is InChI=1S/C12H24/c1-5-10(4)11-8-9-12(11,6-2)7-3/h10-11H,5-9H2,1-4H3. The highest BCUT2D eigenvalue weighted by Crippen LogP contribution is 2.55. The van der Waals surface area contributed by atoms with E-state index < -0.39 is 0 Å². The second-order valence-corrected chi connectivity index (χ2v) is 4.60. The minimum atomic E-state index is 0.745. The Kier molecular flexibility index (Phi) is 3.20. The first kappa shape index (κ1) is 10.1. The van der Waals surface area contributed by atoms with E-state index in [1.807, 2.05) is 0 Å². The summed E-state index contributed by atoms with van der Waals surface area (Å²) in [5, 5.41) is 0. The molecule has 0 spiro atoms. The molecule has 1 fully saturated rings. The van der Waals surface area contributed by atoms with Crippen LogP contribution in [-0.4, -0.2) is 0 Å². The van der Waals surface area contributed by atoms with Gasteiger partial charge < -0.3 is 0 Å². The van der Waals surface area contributed by atoms with Crippen LogP contribution in [-0.2, 0) is 0 Å². The molecule has 0 radical (unpaired) electrons. The molecule has 0 bridgehead atoms. The molecule has 2 unspecified atom stereocenters. The Hall–Kier alpha value is 0. The highest BCUT2D eigenvalue weighted by Gasteiger charge is 2.45. The second kappa shape index (κ2) is 3.81. The summed E-state index contributed by atoms with van der Waals surface area (Å²) in [4.78, 5) is 0. The van der Waals surface area contributed by atoms with Crippen molar-refractivity contribution < 1.29 is 0 Å². The smallest absolute Gasteiger partial charge is 0.0272 e. The quantitative estimate of drug-likeness (QED) is 0.588. The highest BCUT2D eigenvalue weighted by atomic mass is 14.5. The van der Waals surface area contributed by atoms with E-state index in [2.05, 4.69) is 27.7 Å². The number of rotatable bonds is 4. The van der Waals surface area contributed by atoms with Crippen LogP contribution in [0.25, 0.3) is 0 Å². The zero-order valence-electron chi connectivity index (χ0n) is 9.19. The maximum atomic E-state index is 2.43. The largest absolute Gasteiger partial charge is 0.0651 e. The first-order valence-electron chi connectivity index (χ1n) is 5.70. The Balaban J connectivity index is 2.56. The molecule has 0 aromatic heterocycles. The Labute approximate surface area is 77.7 Å². The zero-order chi connectivity index (χ0) is 9.19. The van der Waals surface area contributed by atoms with Crippen LogP contribution in [0.15, 0.2) is 0 Å². The predicted octanol–water partition coefficient (Wildman–Crippen LogP) is 4.25. The normalized spacial score (nSPS) is 29.5. The zero-order valence-corrected chi connectivity index (χ0v) is 9.19. The van der Waals surface area contributed by atoms with E-state index in [-0.39, 0.29) is 0 Å². The van der Waals surface area contributed by atoms with Crippen molar-refractivity contribution in [2.75, 3.05) is 0 Å². The van der Waals surface area contributed by atoms with Crippen molar-refractivity contribution in [2.24, 2.45) is 17.3 Å². The first-order valence-corrected chi connectivity index (χ1v) is 5.70. The van der Waals surface area contributed by atoms with E-state index in [9.17, 15) is 0 Å². The molecule has 0 N–H and O–H groups in total. The lowest BCUT2D eigenvalue weighted by Gasteiger charge is -2.52. The van der Waals surface area contributed by atoms with Gasteiger partial charge in [0.05, 0.1) is 0 Å². The summed E-state index contributed by atoms with van der Waals surface area (Å²) in [5.41, 5.74) is 0.745. The average molecular weight is 168 g/mol. The van der Waals surface area contributed by atoms with Crippen LogP contribution in [0.1, 0.15) is 59.8 Å². The van der Waals surface area contributed by atoms with Crippen LogP contribution in [0, 0.1) is 17.3 Å². The van der Waals surface area contributed by atoms with Crippen molar-refractivity contribution in [1.82, 2.24) is 0 Å². The van der Waals surface area contributed by atoms with E-state index in [0.717, 1.165) is 17.3 Å². The summed E-state index contributed by atoms with van der Waals surface area (Å²) >= 11 is 0. The molecule has 0 aromatic rings.